The number of hydrogen-bond donors (Lipinski definition) is 3. The van der Waals surface area contributed by atoms with Crippen LogP contribution in [0.4, 0.5) is 4.79 Å². The second-order valence-corrected chi connectivity index (χ2v) is 7.29. The van der Waals surface area contributed by atoms with Crippen molar-refractivity contribution in [2.45, 2.75) is 31.3 Å². The van der Waals surface area contributed by atoms with Gasteiger partial charge in [-0.25, -0.2) is 4.79 Å². The topological polar surface area (TPSA) is 61.4 Å². The summed E-state index contributed by atoms with van der Waals surface area (Å²) >= 11 is 7.62. The van der Waals surface area contributed by atoms with Gasteiger partial charge in [-0.3, -0.25) is 0 Å². The lowest BCUT2D eigenvalue weighted by molar-refractivity contribution is 0.0700. The van der Waals surface area contributed by atoms with Crippen LogP contribution in [0.3, 0.4) is 0 Å². The predicted octanol–water partition coefficient (Wildman–Crippen LogP) is 3.00. The van der Waals surface area contributed by atoms with E-state index in [1.807, 2.05) is 24.3 Å². The van der Waals surface area contributed by atoms with Gasteiger partial charge in [0.25, 0.3) is 0 Å². The molecule has 1 aliphatic heterocycles. The fourth-order valence-corrected chi connectivity index (χ4v) is 3.91. The predicted molar refractivity (Wildman–Crippen MR) is 92.8 cm³/mol. The van der Waals surface area contributed by atoms with Crippen LogP contribution in [-0.2, 0) is 0 Å². The first-order valence-corrected chi connectivity index (χ1v) is 9.13. The van der Waals surface area contributed by atoms with Crippen LogP contribution in [0.25, 0.3) is 0 Å². The fraction of sp³-hybridized carbons (Fsp3) is 0.562. The Morgan fingerprint density at radius 1 is 1.41 bits per heavy atom. The Morgan fingerprint density at radius 2 is 2.14 bits per heavy atom. The van der Waals surface area contributed by atoms with Crippen LogP contribution in [-0.4, -0.2) is 41.3 Å². The van der Waals surface area contributed by atoms with Gasteiger partial charge in [0.1, 0.15) is 0 Å². The maximum absolute atomic E-state index is 11.9. The molecule has 1 heterocycles. The van der Waals surface area contributed by atoms with Gasteiger partial charge < -0.3 is 15.7 Å². The molecule has 122 valence electrons. The average molecular weight is 343 g/mol. The monoisotopic (exact) mass is 342 g/mol. The van der Waals surface area contributed by atoms with Gasteiger partial charge in [0.15, 0.2) is 0 Å². The Bertz CT molecular complexity index is 489. The third-order valence-electron chi connectivity index (χ3n) is 4.00. The van der Waals surface area contributed by atoms with Gasteiger partial charge >= 0.3 is 6.03 Å². The van der Waals surface area contributed by atoms with E-state index < -0.39 is 5.60 Å². The molecule has 0 bridgehead atoms. The molecule has 3 N–H and O–H groups in total. The van der Waals surface area contributed by atoms with Gasteiger partial charge in [0, 0.05) is 29.8 Å². The van der Waals surface area contributed by atoms with Gasteiger partial charge in [0.2, 0.25) is 0 Å². The van der Waals surface area contributed by atoms with Gasteiger partial charge in [-0.15, -0.1) is 0 Å². The Labute approximate surface area is 141 Å². The molecule has 4 nitrogen and oxygen atoms in total. The van der Waals surface area contributed by atoms with Crippen molar-refractivity contribution in [2.24, 2.45) is 0 Å². The van der Waals surface area contributed by atoms with E-state index in [0.29, 0.717) is 23.9 Å². The number of benzene rings is 1. The largest absolute Gasteiger partial charge is 0.387 e. The van der Waals surface area contributed by atoms with Crippen molar-refractivity contribution in [2.75, 3.05) is 24.6 Å². The molecule has 2 amide bonds. The van der Waals surface area contributed by atoms with Crippen molar-refractivity contribution < 1.29 is 9.90 Å². The van der Waals surface area contributed by atoms with E-state index in [1.54, 1.807) is 11.8 Å². The van der Waals surface area contributed by atoms with Crippen LogP contribution < -0.4 is 10.6 Å². The van der Waals surface area contributed by atoms with Crippen LogP contribution in [0, 0.1) is 0 Å². The normalized spacial score (nSPS) is 22.3. The Balaban J connectivity index is 1.77. The number of rotatable bonds is 6. The van der Waals surface area contributed by atoms with Crippen molar-refractivity contribution in [1.29, 1.82) is 0 Å². The van der Waals surface area contributed by atoms with Gasteiger partial charge in [-0.05, 0) is 36.3 Å². The Morgan fingerprint density at radius 3 is 2.73 bits per heavy atom. The van der Waals surface area contributed by atoms with E-state index in [9.17, 15) is 9.90 Å². The zero-order valence-electron chi connectivity index (χ0n) is 12.8. The first kappa shape index (κ1) is 17.4. The number of thioether (sulfide) groups is 1. The van der Waals surface area contributed by atoms with Crippen molar-refractivity contribution in [3.8, 4) is 0 Å². The molecular weight excluding hydrogens is 320 g/mol. The highest BCUT2D eigenvalue weighted by atomic mass is 35.5. The van der Waals surface area contributed by atoms with E-state index in [0.717, 1.165) is 24.2 Å². The maximum Gasteiger partial charge on any atom is 0.314 e. The first-order valence-electron chi connectivity index (χ1n) is 7.60. The van der Waals surface area contributed by atoms with Gasteiger partial charge in [0.05, 0.1) is 5.60 Å². The second-order valence-electron chi connectivity index (χ2n) is 5.75. The summed E-state index contributed by atoms with van der Waals surface area (Å²) in [6.45, 7) is 2.97. The molecular formula is C16H23ClN2O2S. The molecule has 2 atom stereocenters. The Hall–Kier alpha value is -0.910. The molecule has 2 rings (SSSR count). The van der Waals surface area contributed by atoms with Crippen LogP contribution in [0.2, 0.25) is 5.02 Å². The number of carbonyl (C=O) groups is 1. The minimum absolute atomic E-state index is 0.224. The van der Waals surface area contributed by atoms with E-state index in [4.69, 9.17) is 11.6 Å². The minimum atomic E-state index is -0.748. The highest BCUT2D eigenvalue weighted by Crippen LogP contribution is 2.27. The highest BCUT2D eigenvalue weighted by molar-refractivity contribution is 7.99. The summed E-state index contributed by atoms with van der Waals surface area (Å²) in [5.41, 5.74) is 0.417. The Kier molecular flexibility index (Phi) is 6.41. The number of amides is 2. The summed E-state index contributed by atoms with van der Waals surface area (Å²) < 4.78 is 0. The van der Waals surface area contributed by atoms with E-state index in [1.165, 1.54) is 0 Å². The zero-order valence-corrected chi connectivity index (χ0v) is 14.3. The summed E-state index contributed by atoms with van der Waals surface area (Å²) in [5, 5.41) is 16.6. The first-order chi connectivity index (χ1) is 10.5. The second kappa shape index (κ2) is 8.09. The van der Waals surface area contributed by atoms with E-state index in [-0.39, 0.29) is 11.9 Å². The number of aliphatic hydroxyl groups is 1. The van der Waals surface area contributed by atoms with Crippen LogP contribution in [0.1, 0.15) is 31.2 Å². The molecule has 1 aromatic rings. The minimum Gasteiger partial charge on any atom is -0.387 e. The molecule has 2 unspecified atom stereocenters. The molecule has 0 radical (unpaired) electrons. The summed E-state index contributed by atoms with van der Waals surface area (Å²) in [7, 11) is 0. The molecule has 0 saturated carbocycles. The van der Waals surface area contributed by atoms with Crippen LogP contribution in [0.5, 0.6) is 0 Å². The van der Waals surface area contributed by atoms with Crippen molar-refractivity contribution in [1.82, 2.24) is 10.6 Å². The smallest absolute Gasteiger partial charge is 0.314 e. The zero-order chi connectivity index (χ0) is 16.0. The third kappa shape index (κ3) is 5.07. The molecule has 1 fully saturated rings. The molecule has 1 aromatic carbocycles. The quantitative estimate of drug-likeness (QED) is 0.744. The van der Waals surface area contributed by atoms with Gasteiger partial charge in [-0.2, -0.15) is 11.8 Å². The molecule has 1 aliphatic rings. The number of halogens is 1. The van der Waals surface area contributed by atoms with E-state index >= 15 is 0 Å². The van der Waals surface area contributed by atoms with Crippen molar-refractivity contribution in [3.63, 3.8) is 0 Å². The van der Waals surface area contributed by atoms with E-state index in [2.05, 4.69) is 17.6 Å². The maximum atomic E-state index is 11.9. The molecule has 6 heteroatoms. The number of nitrogens with one attached hydrogen (secondary N) is 2. The molecule has 22 heavy (non-hydrogen) atoms. The standard InChI is InChI=1S/C16H23ClN2O2S/c1-2-12(13-3-5-14(17)6-4-13)9-18-15(20)19-10-16(21)7-8-22-11-16/h3-6,12,21H,2,7-11H2,1H3,(H2,18,19,20). The molecule has 0 spiro atoms. The third-order valence-corrected chi connectivity index (χ3v) is 5.49. The summed E-state index contributed by atoms with van der Waals surface area (Å²) in [5.74, 6) is 1.90. The summed E-state index contributed by atoms with van der Waals surface area (Å²) in [6.07, 6.45) is 1.67. The fourth-order valence-electron chi connectivity index (χ4n) is 2.49. The summed E-state index contributed by atoms with van der Waals surface area (Å²) in [4.78, 5) is 11.9. The number of carbonyl (C=O) groups excluding carboxylic acids is 1. The number of hydrogen-bond acceptors (Lipinski definition) is 3. The molecule has 0 aromatic heterocycles. The number of urea groups is 1. The highest BCUT2D eigenvalue weighted by Gasteiger charge is 2.31. The average Bonchev–Trinajstić information content (AvgIpc) is 2.95. The lowest BCUT2D eigenvalue weighted by Gasteiger charge is -2.22. The van der Waals surface area contributed by atoms with Gasteiger partial charge in [-0.1, -0.05) is 30.7 Å². The van der Waals surface area contributed by atoms with Crippen molar-refractivity contribution in [3.05, 3.63) is 34.9 Å². The lowest BCUT2D eigenvalue weighted by atomic mass is 9.96. The van der Waals surface area contributed by atoms with Crippen molar-refractivity contribution >= 4 is 29.4 Å². The lowest BCUT2D eigenvalue weighted by Crippen LogP contribution is -2.47. The summed E-state index contributed by atoms with van der Waals surface area (Å²) in [6, 6.07) is 7.50. The van der Waals surface area contributed by atoms with Crippen LogP contribution in [0.15, 0.2) is 24.3 Å². The molecule has 1 saturated heterocycles. The van der Waals surface area contributed by atoms with Crippen LogP contribution >= 0.6 is 23.4 Å². The molecule has 0 aliphatic carbocycles. The SMILES string of the molecule is CCC(CNC(=O)NCC1(O)CCSC1)c1ccc(Cl)cc1.